The Kier molecular flexibility index (Phi) is 14.5. The van der Waals surface area contributed by atoms with E-state index < -0.39 is 0 Å². The van der Waals surface area contributed by atoms with Gasteiger partial charge in [-0.15, -0.1) is 17.5 Å². The van der Waals surface area contributed by atoms with Crippen molar-refractivity contribution in [3.63, 3.8) is 0 Å². The Morgan fingerprint density at radius 3 is 1.92 bits per heavy atom. The number of carbonyl (C=O) groups is 1. The molecule has 7 rings (SSSR count). The molecule has 0 saturated carbocycles. The minimum atomic E-state index is 0. The van der Waals surface area contributed by atoms with Gasteiger partial charge in [0.25, 0.3) is 0 Å². The number of hydrogen-bond donors (Lipinski definition) is 1. The summed E-state index contributed by atoms with van der Waals surface area (Å²) in [6.45, 7) is 23.8. The van der Waals surface area contributed by atoms with E-state index in [0.717, 1.165) is 110 Å². The number of nitrogens with zero attached hydrogens (tertiary/aromatic N) is 1. The van der Waals surface area contributed by atoms with Crippen molar-refractivity contribution in [1.82, 2.24) is 4.98 Å². The maximum absolute atomic E-state index is 11.7. The first-order chi connectivity index (χ1) is 27.5. The number of aliphatic hydroxyl groups excluding tert-OH is 1. The molecular weight excluding hydrogens is 907 g/mol. The van der Waals surface area contributed by atoms with E-state index in [1.165, 1.54) is 17.2 Å². The molecule has 59 heavy (non-hydrogen) atoms. The molecule has 0 atom stereocenters. The number of ketones is 1. The minimum absolute atomic E-state index is 0. The molecule has 0 aliphatic heterocycles. The van der Waals surface area contributed by atoms with E-state index in [4.69, 9.17) is 13.8 Å². The van der Waals surface area contributed by atoms with Gasteiger partial charge in [0, 0.05) is 71.8 Å². The van der Waals surface area contributed by atoms with Gasteiger partial charge in [-0.2, -0.15) is 0 Å². The van der Waals surface area contributed by atoms with Crippen molar-refractivity contribution in [3.05, 3.63) is 114 Å². The number of aryl methyl sites for hydroxylation is 1. The van der Waals surface area contributed by atoms with Crippen LogP contribution in [0.3, 0.4) is 0 Å². The van der Waals surface area contributed by atoms with Crippen molar-refractivity contribution in [1.29, 1.82) is 0 Å². The van der Waals surface area contributed by atoms with E-state index in [2.05, 4.69) is 121 Å². The minimum Gasteiger partial charge on any atom is -0.512 e. The van der Waals surface area contributed by atoms with E-state index >= 15 is 0 Å². The summed E-state index contributed by atoms with van der Waals surface area (Å²) < 4.78 is 13.2. The van der Waals surface area contributed by atoms with Gasteiger partial charge in [0.15, 0.2) is 5.78 Å². The molecule has 313 valence electrons. The third-order valence-corrected chi connectivity index (χ3v) is 11.3. The van der Waals surface area contributed by atoms with Gasteiger partial charge in [0.2, 0.25) is 0 Å². The van der Waals surface area contributed by atoms with Crippen LogP contribution in [0, 0.1) is 35.7 Å². The molecule has 7 aromatic rings. The zero-order valence-corrected chi connectivity index (χ0v) is 39.3. The topological polar surface area (TPSA) is 76.5 Å². The smallest absolute Gasteiger partial charge is 0.162 e. The molecule has 0 aliphatic rings. The number of benzene rings is 4. The summed E-state index contributed by atoms with van der Waals surface area (Å²) in [6.07, 6.45) is 8.75. The van der Waals surface area contributed by atoms with Gasteiger partial charge in [-0.3, -0.25) is 9.78 Å². The van der Waals surface area contributed by atoms with Crippen LogP contribution in [0.15, 0.2) is 99.7 Å². The molecule has 0 fully saturated rings. The second kappa shape index (κ2) is 18.8. The Bertz CT molecular complexity index is 2580. The summed E-state index contributed by atoms with van der Waals surface area (Å²) in [7, 11) is 0. The van der Waals surface area contributed by atoms with Gasteiger partial charge in [-0.25, -0.2) is 0 Å². The summed E-state index contributed by atoms with van der Waals surface area (Å²) in [5.41, 5.74) is 9.43. The third-order valence-electron chi connectivity index (χ3n) is 11.3. The van der Waals surface area contributed by atoms with Crippen molar-refractivity contribution in [3.8, 4) is 22.6 Å². The van der Waals surface area contributed by atoms with Crippen LogP contribution in [0.2, 0.25) is 0 Å². The number of rotatable bonds is 11. The van der Waals surface area contributed by atoms with Crippen LogP contribution in [0.25, 0.3) is 66.3 Å². The fraction of sp³-hybridized carbons (Fsp3) is 0.396. The van der Waals surface area contributed by atoms with Crippen molar-refractivity contribution in [2.24, 2.45) is 22.7 Å². The predicted octanol–water partition coefficient (Wildman–Crippen LogP) is 15.4. The van der Waals surface area contributed by atoms with Crippen LogP contribution in [0.1, 0.15) is 112 Å². The predicted molar refractivity (Wildman–Crippen MR) is 243 cm³/mol. The average molecular weight is 969 g/mol. The first kappa shape index (κ1) is 45.6. The van der Waals surface area contributed by atoms with Crippen LogP contribution >= 0.6 is 0 Å². The summed E-state index contributed by atoms with van der Waals surface area (Å²) in [5.74, 6) is 1.42. The van der Waals surface area contributed by atoms with Crippen LogP contribution in [0.5, 0.6) is 0 Å². The molecule has 6 heteroatoms. The molecule has 0 bridgehead atoms. The largest absolute Gasteiger partial charge is 0.512 e. The number of pyridine rings is 1. The van der Waals surface area contributed by atoms with Gasteiger partial charge >= 0.3 is 0 Å². The van der Waals surface area contributed by atoms with E-state index in [0.29, 0.717) is 0 Å². The second-order valence-electron chi connectivity index (χ2n) is 18.5. The van der Waals surface area contributed by atoms with Crippen LogP contribution in [0.4, 0.5) is 0 Å². The maximum atomic E-state index is 11.7. The van der Waals surface area contributed by atoms with E-state index in [-0.39, 0.29) is 54.3 Å². The molecule has 0 unspecified atom stereocenters. The molecule has 0 aliphatic carbocycles. The number of aromatic nitrogens is 1. The number of carbonyl (C=O) groups excluding carboxylic acids is 1. The van der Waals surface area contributed by atoms with Crippen LogP contribution in [-0.2, 0) is 37.7 Å². The molecular formula is C53H62IrNO4-. The molecule has 1 N–H and O–H groups in total. The molecule has 1 radical (unpaired) electrons. The molecule has 5 nitrogen and oxygen atoms in total. The molecule has 4 aromatic carbocycles. The molecule has 0 spiro atoms. The third kappa shape index (κ3) is 10.5. The number of hydrogen-bond acceptors (Lipinski definition) is 5. The second-order valence-corrected chi connectivity index (χ2v) is 18.5. The van der Waals surface area contributed by atoms with Crippen molar-refractivity contribution < 1.29 is 38.8 Å². The van der Waals surface area contributed by atoms with Gasteiger partial charge < -0.3 is 13.9 Å². The van der Waals surface area contributed by atoms with Gasteiger partial charge in [-0.1, -0.05) is 129 Å². The summed E-state index contributed by atoms with van der Waals surface area (Å²) in [6, 6.07) is 29.5. The Morgan fingerprint density at radius 1 is 0.746 bits per heavy atom. The van der Waals surface area contributed by atoms with Gasteiger partial charge in [-0.05, 0) is 91.0 Å². The Balaban J connectivity index is 0.000000355. The number of fused-ring (bicyclic) bond motifs is 6. The van der Waals surface area contributed by atoms with E-state index in [1.54, 1.807) is 0 Å². The first-order valence-electron chi connectivity index (χ1n) is 21.3. The van der Waals surface area contributed by atoms with Gasteiger partial charge in [0.1, 0.15) is 16.9 Å². The Morgan fingerprint density at radius 2 is 1.32 bits per heavy atom. The van der Waals surface area contributed by atoms with Crippen molar-refractivity contribution >= 4 is 49.5 Å². The summed E-state index contributed by atoms with van der Waals surface area (Å²) >= 11 is 0. The Labute approximate surface area is 365 Å². The zero-order valence-electron chi connectivity index (χ0n) is 36.9. The van der Waals surface area contributed by atoms with Crippen LogP contribution in [-0.4, -0.2) is 15.9 Å². The van der Waals surface area contributed by atoms with E-state index in [1.807, 2.05) is 40.0 Å². The normalized spacial score (nSPS) is 12.5. The Hall–Kier alpha value is -4.51. The summed E-state index contributed by atoms with van der Waals surface area (Å²) in [4.78, 5) is 16.5. The number of furan rings is 2. The fourth-order valence-corrected chi connectivity index (χ4v) is 8.24. The average Bonchev–Trinajstić information content (AvgIpc) is 3.71. The van der Waals surface area contributed by atoms with Crippen molar-refractivity contribution in [2.45, 2.75) is 115 Å². The number of aliphatic hydroxyl groups is 1. The quantitative estimate of drug-likeness (QED) is 0.0794. The molecule has 3 heterocycles. The van der Waals surface area contributed by atoms with Gasteiger partial charge in [0.05, 0.1) is 11.3 Å². The van der Waals surface area contributed by atoms with Crippen LogP contribution < -0.4 is 0 Å². The monoisotopic (exact) mass is 969 g/mol. The molecule has 0 amide bonds. The molecule has 3 aromatic heterocycles. The first-order valence-corrected chi connectivity index (χ1v) is 21.3. The molecule has 0 saturated heterocycles. The summed E-state index contributed by atoms with van der Waals surface area (Å²) in [5, 5.41) is 15.3. The maximum Gasteiger partial charge on any atom is 0.162 e. The number of allylic oxidation sites excluding steroid dienone is 2. The zero-order chi connectivity index (χ0) is 41.9. The standard InChI is InChI=1S/C40H38NO2.C13H24O2.Ir/c1-24-29-14-12-25(22-39(2,3)4)18-34(29)42-37(24)28-16-17-41-33(21-28)32-20-27-10-8-9-11-30(27)36-31-15-13-26(23-40(5,6)7)19-35(31)43-38(32)36;1-5-10(6-2)12(14)9-13(15)11(7-3)8-4;/h8-19,21H,22-23H2,1-7H3;9-11,14H,5-8H2,1-4H3;/q-1;;/b;12-9-;. The van der Waals surface area contributed by atoms with E-state index in [9.17, 15) is 9.90 Å². The fourth-order valence-electron chi connectivity index (χ4n) is 8.24. The SMILES string of the molecule is CCC(CC)C(=O)/C=C(\O)C(CC)CC.Cc1c(-c2ccnc(-c3[c-]c4ccccc4c4c3oc3cc(CC(C)(C)C)ccc34)c2)oc2cc(CC(C)(C)C)ccc12.[Ir]. The van der Waals surface area contributed by atoms with Crippen molar-refractivity contribution in [2.75, 3.05) is 0 Å².